The number of hydrogen-bond acceptors (Lipinski definition) is 6. The molecular formula is C38H40B2N2O4. The highest BCUT2D eigenvalue weighted by Crippen LogP contribution is 2.38. The molecule has 7 rings (SSSR count). The van der Waals surface area contributed by atoms with E-state index in [1.54, 1.807) is 0 Å². The van der Waals surface area contributed by atoms with Gasteiger partial charge in [-0.2, -0.15) is 0 Å². The van der Waals surface area contributed by atoms with Gasteiger partial charge in [0.1, 0.15) is 0 Å². The Balaban J connectivity index is 1.25. The fourth-order valence-corrected chi connectivity index (χ4v) is 5.90. The Hall–Kier alpha value is -3.81. The Morgan fingerprint density at radius 3 is 1.04 bits per heavy atom. The smallest absolute Gasteiger partial charge is 0.399 e. The Morgan fingerprint density at radius 1 is 0.413 bits per heavy atom. The van der Waals surface area contributed by atoms with Crippen LogP contribution in [0.15, 0.2) is 107 Å². The summed E-state index contributed by atoms with van der Waals surface area (Å²) in [6, 6.07) is 33.1. The second kappa shape index (κ2) is 10.9. The van der Waals surface area contributed by atoms with Gasteiger partial charge in [-0.3, -0.25) is 0 Å². The van der Waals surface area contributed by atoms with E-state index in [-0.39, 0.29) is 0 Å². The summed E-state index contributed by atoms with van der Waals surface area (Å²) < 4.78 is 25.2. The summed E-state index contributed by atoms with van der Waals surface area (Å²) in [5.41, 5.74) is 7.72. The predicted octanol–water partition coefficient (Wildman–Crippen LogP) is 6.94. The molecule has 4 aromatic rings. The van der Waals surface area contributed by atoms with Crippen molar-refractivity contribution in [1.82, 2.24) is 0 Å². The van der Waals surface area contributed by atoms with E-state index < -0.39 is 36.6 Å². The molecule has 0 N–H and O–H groups in total. The minimum absolute atomic E-state index is 0.398. The van der Waals surface area contributed by atoms with E-state index in [2.05, 4.69) is 128 Å². The maximum absolute atomic E-state index is 6.30. The largest absolute Gasteiger partial charge is 0.494 e. The number of fused-ring (bicyclic) bond motifs is 2. The van der Waals surface area contributed by atoms with Crippen molar-refractivity contribution in [2.24, 2.45) is 9.98 Å². The van der Waals surface area contributed by atoms with Gasteiger partial charge in [-0.05, 0) is 78.4 Å². The average Bonchev–Trinajstić information content (AvgIpc) is 3.37. The first-order chi connectivity index (χ1) is 21.7. The minimum atomic E-state index is -0.422. The fraction of sp³-hybridized carbons (Fsp3) is 0.316. The third-order valence-corrected chi connectivity index (χ3v) is 10.2. The third-order valence-electron chi connectivity index (χ3n) is 10.2. The zero-order chi connectivity index (χ0) is 32.5. The quantitative estimate of drug-likeness (QED) is 0.207. The monoisotopic (exact) mass is 610 g/mol. The molecule has 2 fully saturated rings. The third kappa shape index (κ3) is 5.27. The first-order valence-corrected chi connectivity index (χ1v) is 16.0. The molecular weight excluding hydrogens is 570 g/mol. The number of benzene rings is 4. The lowest BCUT2D eigenvalue weighted by Crippen LogP contribution is -2.41. The number of rotatable bonds is 4. The molecule has 2 saturated heterocycles. The molecule has 3 aliphatic heterocycles. The molecule has 46 heavy (non-hydrogen) atoms. The van der Waals surface area contributed by atoms with Crippen LogP contribution in [0.3, 0.4) is 0 Å². The van der Waals surface area contributed by atoms with Gasteiger partial charge in [0.15, 0.2) is 0 Å². The SMILES string of the molecule is CC1(C)OB(c2ccc(C3=Nc4ccccc4C(c4ccc(B5OC(C)(C)C(C)(C)O5)cc4)=Nc4ccccc43)cc2)OC1(C)C. The van der Waals surface area contributed by atoms with Crippen LogP contribution in [-0.2, 0) is 18.6 Å². The summed E-state index contributed by atoms with van der Waals surface area (Å²) in [4.78, 5) is 10.6. The van der Waals surface area contributed by atoms with Gasteiger partial charge in [0.2, 0.25) is 0 Å². The van der Waals surface area contributed by atoms with Crippen molar-refractivity contribution in [3.8, 4) is 0 Å². The minimum Gasteiger partial charge on any atom is -0.399 e. The summed E-state index contributed by atoms with van der Waals surface area (Å²) in [6.45, 7) is 16.6. The van der Waals surface area contributed by atoms with E-state index in [9.17, 15) is 0 Å². The lowest BCUT2D eigenvalue weighted by molar-refractivity contribution is 0.00578. The van der Waals surface area contributed by atoms with E-state index in [0.717, 1.165) is 56.0 Å². The van der Waals surface area contributed by atoms with Crippen LogP contribution in [0.25, 0.3) is 0 Å². The number of hydrogen-bond donors (Lipinski definition) is 0. The van der Waals surface area contributed by atoms with Crippen molar-refractivity contribution < 1.29 is 18.6 Å². The van der Waals surface area contributed by atoms with Crippen LogP contribution in [0.5, 0.6) is 0 Å². The Labute approximate surface area is 273 Å². The summed E-state index contributed by atoms with van der Waals surface area (Å²) in [5, 5.41) is 0. The first-order valence-electron chi connectivity index (χ1n) is 16.0. The molecule has 6 nitrogen and oxygen atoms in total. The highest BCUT2D eigenvalue weighted by atomic mass is 16.7. The van der Waals surface area contributed by atoms with Crippen molar-refractivity contribution in [2.75, 3.05) is 0 Å². The van der Waals surface area contributed by atoms with Crippen LogP contribution < -0.4 is 10.9 Å². The van der Waals surface area contributed by atoms with Crippen LogP contribution >= 0.6 is 0 Å². The molecule has 0 amide bonds. The molecule has 4 aromatic carbocycles. The van der Waals surface area contributed by atoms with Gasteiger partial charge >= 0.3 is 14.2 Å². The molecule has 0 unspecified atom stereocenters. The van der Waals surface area contributed by atoms with Gasteiger partial charge in [0, 0.05) is 22.3 Å². The molecule has 0 aromatic heterocycles. The maximum Gasteiger partial charge on any atom is 0.494 e. The average molecular weight is 610 g/mol. The molecule has 8 heteroatoms. The first kappa shape index (κ1) is 30.8. The number of nitrogens with zero attached hydrogens (tertiary/aromatic N) is 2. The maximum atomic E-state index is 6.30. The standard InChI is InChI=1S/C38H40B2N2O4/c1-35(2)36(3,4)44-39(43-35)27-21-17-25(18-22-27)33-29-13-9-11-15-31(29)42-34(30-14-10-12-16-32(30)41-33)26-19-23-28(24-20-26)40-45-37(5,6)38(7,8)46-40/h9-24H,1-8H3. The van der Waals surface area contributed by atoms with Crippen molar-refractivity contribution >= 4 is 48.0 Å². The van der Waals surface area contributed by atoms with Gasteiger partial charge in [-0.1, -0.05) is 84.9 Å². The highest BCUT2D eigenvalue weighted by molar-refractivity contribution is 6.62. The Morgan fingerprint density at radius 2 is 0.717 bits per heavy atom. The molecule has 0 saturated carbocycles. The molecule has 3 heterocycles. The molecule has 232 valence electrons. The predicted molar refractivity (Wildman–Crippen MR) is 188 cm³/mol. The van der Waals surface area contributed by atoms with Crippen LogP contribution in [0.2, 0.25) is 0 Å². The number of aliphatic imine (C=N–C) groups is 2. The van der Waals surface area contributed by atoms with Gasteiger partial charge in [0.05, 0.1) is 45.2 Å². The molecule has 3 aliphatic rings. The van der Waals surface area contributed by atoms with Crippen LogP contribution in [0, 0.1) is 0 Å². The second-order valence-electron chi connectivity index (χ2n) is 14.4. The molecule has 0 aliphatic carbocycles. The van der Waals surface area contributed by atoms with Crippen LogP contribution in [0.4, 0.5) is 11.4 Å². The highest BCUT2D eigenvalue weighted by Gasteiger charge is 2.52. The van der Waals surface area contributed by atoms with Crippen LogP contribution in [0.1, 0.15) is 77.6 Å². The molecule has 0 atom stereocenters. The van der Waals surface area contributed by atoms with E-state index >= 15 is 0 Å². The number of para-hydroxylation sites is 2. The lowest BCUT2D eigenvalue weighted by Gasteiger charge is -2.32. The Bertz CT molecular complexity index is 1690. The zero-order valence-corrected chi connectivity index (χ0v) is 27.9. The van der Waals surface area contributed by atoms with Crippen molar-refractivity contribution in [1.29, 1.82) is 0 Å². The summed E-state index contributed by atoms with van der Waals surface area (Å²) in [7, 11) is -0.843. The van der Waals surface area contributed by atoms with E-state index in [1.807, 2.05) is 24.3 Å². The van der Waals surface area contributed by atoms with Crippen molar-refractivity contribution in [3.63, 3.8) is 0 Å². The Kier molecular flexibility index (Phi) is 7.29. The summed E-state index contributed by atoms with van der Waals surface area (Å²) >= 11 is 0. The summed E-state index contributed by atoms with van der Waals surface area (Å²) in [5.74, 6) is 0. The van der Waals surface area contributed by atoms with Gasteiger partial charge < -0.3 is 18.6 Å². The lowest BCUT2D eigenvalue weighted by atomic mass is 9.78. The van der Waals surface area contributed by atoms with Crippen molar-refractivity contribution in [3.05, 3.63) is 119 Å². The normalized spacial score (nSPS) is 20.7. The van der Waals surface area contributed by atoms with Gasteiger partial charge in [0.25, 0.3) is 0 Å². The van der Waals surface area contributed by atoms with E-state index in [4.69, 9.17) is 28.6 Å². The van der Waals surface area contributed by atoms with E-state index in [1.165, 1.54) is 0 Å². The topological polar surface area (TPSA) is 61.6 Å². The van der Waals surface area contributed by atoms with Crippen molar-refractivity contribution in [2.45, 2.75) is 77.8 Å². The van der Waals surface area contributed by atoms with Crippen LogP contribution in [-0.4, -0.2) is 48.1 Å². The zero-order valence-electron chi connectivity index (χ0n) is 27.9. The summed E-state index contributed by atoms with van der Waals surface area (Å²) in [6.07, 6.45) is 0. The van der Waals surface area contributed by atoms with Gasteiger partial charge in [-0.15, -0.1) is 0 Å². The van der Waals surface area contributed by atoms with E-state index in [0.29, 0.717) is 0 Å². The fourth-order valence-electron chi connectivity index (χ4n) is 5.90. The molecule has 0 bridgehead atoms. The molecule has 0 radical (unpaired) electrons. The van der Waals surface area contributed by atoms with Gasteiger partial charge in [-0.25, -0.2) is 9.98 Å². The molecule has 0 spiro atoms. The second-order valence-corrected chi connectivity index (χ2v) is 14.4.